The second-order valence-electron chi connectivity index (χ2n) is 2.29. The van der Waals surface area contributed by atoms with Crippen LogP contribution in [-0.2, 0) is 0 Å². The first-order chi connectivity index (χ1) is 4.29. The lowest BCUT2D eigenvalue weighted by Gasteiger charge is -2.08. The zero-order chi connectivity index (χ0) is 6.69. The molecular weight excluding hydrogens is 128 g/mol. The van der Waals surface area contributed by atoms with Crippen molar-refractivity contribution >= 4 is 11.8 Å². The Kier molecular flexibility index (Phi) is 2.90. The van der Waals surface area contributed by atoms with E-state index >= 15 is 0 Å². The molecule has 0 nitrogen and oxygen atoms in total. The maximum atomic E-state index is 2.21. The average Bonchev–Trinajstić information content (AvgIpc) is 2.15. The first-order valence-corrected chi connectivity index (χ1v) is 4.05. The number of hydrogen-bond acceptors (Lipinski definition) is 1. The SMILES string of the molecule is CC(C)S[C]1[CH][CH][CH][CH]1. The fourth-order valence-electron chi connectivity index (χ4n) is 0.707. The first kappa shape index (κ1) is 7.46. The molecule has 1 aliphatic carbocycles. The third-order valence-electron chi connectivity index (χ3n) is 1.00. The van der Waals surface area contributed by atoms with E-state index in [9.17, 15) is 0 Å². The summed E-state index contributed by atoms with van der Waals surface area (Å²) in [5, 5.41) is 2.08. The lowest BCUT2D eigenvalue weighted by Crippen LogP contribution is -1.92. The van der Waals surface area contributed by atoms with Crippen LogP contribution in [0.25, 0.3) is 0 Å². The van der Waals surface area contributed by atoms with E-state index < -0.39 is 0 Å². The molecule has 0 aromatic heterocycles. The van der Waals surface area contributed by atoms with Gasteiger partial charge >= 0.3 is 0 Å². The minimum Gasteiger partial charge on any atom is -0.150 e. The lowest BCUT2D eigenvalue weighted by atomic mass is 10.4. The Hall–Kier alpha value is 0.350. The van der Waals surface area contributed by atoms with Gasteiger partial charge < -0.3 is 0 Å². The highest BCUT2D eigenvalue weighted by Crippen LogP contribution is 2.35. The number of rotatable bonds is 2. The van der Waals surface area contributed by atoms with Gasteiger partial charge in [-0.15, -0.1) is 0 Å². The van der Waals surface area contributed by atoms with Gasteiger partial charge in [0.15, 0.2) is 0 Å². The molecule has 0 aliphatic heterocycles. The van der Waals surface area contributed by atoms with Gasteiger partial charge in [0, 0.05) is 5.25 Å². The normalized spacial score (nSPS) is 21.7. The highest BCUT2D eigenvalue weighted by atomic mass is 32.2. The largest absolute Gasteiger partial charge is 0.150 e. The van der Waals surface area contributed by atoms with Crippen LogP contribution in [0.4, 0.5) is 0 Å². The molecule has 0 saturated heterocycles. The Labute approximate surface area is 62.4 Å². The fourth-order valence-corrected chi connectivity index (χ4v) is 1.57. The Bertz CT molecular complexity index is 72.6. The van der Waals surface area contributed by atoms with Gasteiger partial charge in [0.2, 0.25) is 0 Å². The van der Waals surface area contributed by atoms with Crippen LogP contribution in [0.5, 0.6) is 0 Å². The van der Waals surface area contributed by atoms with Gasteiger partial charge in [0.05, 0.1) is 0 Å². The Morgan fingerprint density at radius 2 is 1.78 bits per heavy atom. The van der Waals surface area contributed by atoms with Gasteiger partial charge in [0.25, 0.3) is 0 Å². The molecule has 0 aromatic carbocycles. The van der Waals surface area contributed by atoms with Crippen LogP contribution >= 0.6 is 11.8 Å². The van der Waals surface area contributed by atoms with E-state index in [0.717, 1.165) is 0 Å². The van der Waals surface area contributed by atoms with Crippen molar-refractivity contribution in [3.63, 3.8) is 0 Å². The Morgan fingerprint density at radius 1 is 1.22 bits per heavy atom. The molecule has 0 amide bonds. The van der Waals surface area contributed by atoms with Gasteiger partial charge in [0.1, 0.15) is 0 Å². The van der Waals surface area contributed by atoms with E-state index in [1.165, 1.54) is 5.25 Å². The van der Waals surface area contributed by atoms with Crippen molar-refractivity contribution in [2.24, 2.45) is 0 Å². The van der Waals surface area contributed by atoms with E-state index in [4.69, 9.17) is 0 Å². The first-order valence-electron chi connectivity index (χ1n) is 3.17. The Balaban J connectivity index is 2.11. The number of thioether (sulfide) groups is 1. The van der Waals surface area contributed by atoms with Gasteiger partial charge in [-0.25, -0.2) is 0 Å². The third-order valence-corrected chi connectivity index (χ3v) is 2.02. The van der Waals surface area contributed by atoms with Crippen molar-refractivity contribution in [2.75, 3.05) is 0 Å². The molecule has 1 fully saturated rings. The second kappa shape index (κ2) is 3.50. The van der Waals surface area contributed by atoms with Crippen LogP contribution in [0.3, 0.4) is 0 Å². The van der Waals surface area contributed by atoms with Gasteiger partial charge in [-0.2, -0.15) is 11.8 Å². The molecule has 1 aliphatic rings. The highest BCUT2D eigenvalue weighted by Gasteiger charge is 2.17. The van der Waals surface area contributed by atoms with Gasteiger partial charge in [-0.05, 0) is 30.9 Å². The zero-order valence-electron chi connectivity index (χ0n) is 5.79. The van der Waals surface area contributed by atoms with E-state index in [1.54, 1.807) is 0 Å². The zero-order valence-corrected chi connectivity index (χ0v) is 6.61. The summed E-state index contributed by atoms with van der Waals surface area (Å²) in [6.07, 6.45) is 8.44. The molecule has 1 heteroatoms. The van der Waals surface area contributed by atoms with E-state index in [-0.39, 0.29) is 0 Å². The van der Waals surface area contributed by atoms with Crippen molar-refractivity contribution in [3.05, 3.63) is 30.9 Å². The molecule has 49 valence electrons. The molecule has 5 radical (unpaired) electrons. The van der Waals surface area contributed by atoms with Crippen LogP contribution in [-0.4, -0.2) is 5.25 Å². The smallest absolute Gasteiger partial charge is 0.0383 e. The maximum absolute atomic E-state index is 2.21. The topological polar surface area (TPSA) is 0 Å². The lowest BCUT2D eigenvalue weighted by molar-refractivity contribution is 1.11. The highest BCUT2D eigenvalue weighted by molar-refractivity contribution is 8.02. The summed E-state index contributed by atoms with van der Waals surface area (Å²) < 4.78 is 0. The monoisotopic (exact) mass is 139 g/mol. The summed E-state index contributed by atoms with van der Waals surface area (Å²) in [5.41, 5.74) is 0. The molecule has 9 heavy (non-hydrogen) atoms. The summed E-state index contributed by atoms with van der Waals surface area (Å²) in [4.78, 5) is 0. The van der Waals surface area contributed by atoms with Crippen LogP contribution in [0.2, 0.25) is 0 Å². The van der Waals surface area contributed by atoms with Crippen LogP contribution < -0.4 is 0 Å². The van der Waals surface area contributed by atoms with Gasteiger partial charge in [-0.1, -0.05) is 13.8 Å². The van der Waals surface area contributed by atoms with E-state index in [1.807, 2.05) is 11.8 Å². The molecule has 0 atom stereocenters. The molecule has 1 saturated carbocycles. The maximum Gasteiger partial charge on any atom is 0.0383 e. The van der Waals surface area contributed by atoms with Crippen molar-refractivity contribution < 1.29 is 0 Å². The quantitative estimate of drug-likeness (QED) is 0.566. The molecule has 0 unspecified atom stereocenters. The van der Waals surface area contributed by atoms with Gasteiger partial charge in [-0.3, -0.25) is 0 Å². The fraction of sp³-hybridized carbons (Fsp3) is 0.375. The molecule has 1 rings (SSSR count). The van der Waals surface area contributed by atoms with Crippen LogP contribution in [0.1, 0.15) is 13.8 Å². The Morgan fingerprint density at radius 3 is 2.22 bits per heavy atom. The third kappa shape index (κ3) is 2.61. The average molecular weight is 139 g/mol. The van der Waals surface area contributed by atoms with Crippen molar-refractivity contribution in [1.82, 2.24) is 0 Å². The van der Waals surface area contributed by atoms with E-state index in [0.29, 0.717) is 5.25 Å². The molecule has 0 N–H and O–H groups in total. The molecular formula is C8H11S. The molecule has 0 aromatic rings. The molecule has 0 spiro atoms. The minimum atomic E-state index is 0.701. The predicted molar refractivity (Wildman–Crippen MR) is 43.2 cm³/mol. The summed E-state index contributed by atoms with van der Waals surface area (Å²) in [5.74, 6) is 0. The summed E-state index contributed by atoms with van der Waals surface area (Å²) in [6, 6.07) is 0. The van der Waals surface area contributed by atoms with Crippen molar-refractivity contribution in [2.45, 2.75) is 19.1 Å². The molecule has 0 bridgehead atoms. The summed E-state index contributed by atoms with van der Waals surface area (Å²) in [7, 11) is 0. The second-order valence-corrected chi connectivity index (χ2v) is 3.94. The number of hydrogen-bond donors (Lipinski definition) is 0. The van der Waals surface area contributed by atoms with Crippen LogP contribution in [0.15, 0.2) is 0 Å². The van der Waals surface area contributed by atoms with E-state index in [2.05, 4.69) is 39.5 Å². The van der Waals surface area contributed by atoms with Crippen molar-refractivity contribution in [1.29, 1.82) is 0 Å². The van der Waals surface area contributed by atoms with Crippen molar-refractivity contribution in [3.8, 4) is 0 Å². The van der Waals surface area contributed by atoms with Crippen LogP contribution in [0, 0.1) is 30.9 Å². The summed E-state index contributed by atoms with van der Waals surface area (Å²) in [6.45, 7) is 4.41. The molecule has 0 heterocycles. The predicted octanol–water partition coefficient (Wildman–Crippen LogP) is 2.49. The standard InChI is InChI=1S/C8H11S/c1-7(2)9-8-5-3-4-6-8/h3-7H,1-2H3. The minimum absolute atomic E-state index is 0.701. The summed E-state index contributed by atoms with van der Waals surface area (Å²) >= 11 is 1.91.